The van der Waals surface area contributed by atoms with E-state index in [2.05, 4.69) is 31.1 Å². The summed E-state index contributed by atoms with van der Waals surface area (Å²) in [6.07, 6.45) is 4.15. The van der Waals surface area contributed by atoms with Crippen molar-refractivity contribution in [2.45, 2.75) is 37.1 Å². The largest absolute Gasteiger partial charge is 0.493 e. The highest BCUT2D eigenvalue weighted by atomic mass is 32.2. The highest BCUT2D eigenvalue weighted by molar-refractivity contribution is 7.90. The lowest BCUT2D eigenvalue weighted by molar-refractivity contribution is 0.354. The molecule has 1 heterocycles. The Morgan fingerprint density at radius 3 is 2.35 bits per heavy atom. The minimum Gasteiger partial charge on any atom is -0.493 e. The number of anilines is 3. The minimum absolute atomic E-state index is 0.271. The van der Waals surface area contributed by atoms with Crippen LogP contribution < -0.4 is 25.5 Å². The Labute approximate surface area is 217 Å². The molecule has 0 atom stereocenters. The zero-order valence-electron chi connectivity index (χ0n) is 21.4. The molecular weight excluding hydrogens is 492 g/mol. The Hall–Kier alpha value is -3.86. The van der Waals surface area contributed by atoms with Crippen LogP contribution >= 0.6 is 0 Å². The van der Waals surface area contributed by atoms with Crippen LogP contribution in [0.2, 0.25) is 0 Å². The van der Waals surface area contributed by atoms with Gasteiger partial charge in [-0.25, -0.2) is 8.42 Å². The SMILES string of the molecule is COc1ccc(CCNc2cc(NN=C(C)c3ccc(S(C)(=O)=O)cc3)nc(NC3CC3)n2)cc1OC. The third-order valence-corrected chi connectivity index (χ3v) is 6.97. The lowest BCUT2D eigenvalue weighted by Gasteiger charge is -2.12. The van der Waals surface area contributed by atoms with Crippen molar-refractivity contribution < 1.29 is 17.9 Å². The summed E-state index contributed by atoms with van der Waals surface area (Å²) in [6.45, 7) is 2.50. The van der Waals surface area contributed by atoms with Gasteiger partial charge in [0, 0.05) is 24.9 Å². The zero-order chi connectivity index (χ0) is 26.4. The zero-order valence-corrected chi connectivity index (χ0v) is 22.2. The number of methoxy groups -OCH3 is 2. The predicted molar refractivity (Wildman–Crippen MR) is 146 cm³/mol. The first-order chi connectivity index (χ1) is 17.7. The number of rotatable bonds is 12. The molecule has 10 nitrogen and oxygen atoms in total. The second kappa shape index (κ2) is 11.5. The number of sulfone groups is 1. The molecule has 1 aliphatic carbocycles. The second-order valence-corrected chi connectivity index (χ2v) is 10.9. The summed E-state index contributed by atoms with van der Waals surface area (Å²) in [7, 11) is -0.00373. The van der Waals surface area contributed by atoms with Crippen LogP contribution in [0.15, 0.2) is 58.5 Å². The van der Waals surface area contributed by atoms with Crippen LogP contribution in [0, 0.1) is 0 Å². The standard InChI is InChI=1S/C26H32N6O4S/c1-17(19-6-10-21(11-7-19)37(4,33)34)31-32-25-16-24(29-26(30-25)28-20-8-9-20)27-14-13-18-5-12-22(35-2)23(15-18)36-3/h5-7,10-12,15-16,20H,8-9,13-14H2,1-4H3,(H3,27,28,29,30,32). The number of benzene rings is 2. The van der Waals surface area contributed by atoms with Crippen molar-refractivity contribution in [2.24, 2.45) is 5.10 Å². The Balaban J connectivity index is 1.44. The fourth-order valence-electron chi connectivity index (χ4n) is 3.59. The molecular formula is C26H32N6O4S. The summed E-state index contributed by atoms with van der Waals surface area (Å²) in [4.78, 5) is 9.41. The molecule has 0 amide bonds. The van der Waals surface area contributed by atoms with E-state index in [9.17, 15) is 8.42 Å². The fourth-order valence-corrected chi connectivity index (χ4v) is 4.22. The van der Waals surface area contributed by atoms with E-state index in [1.165, 1.54) is 6.26 Å². The maximum Gasteiger partial charge on any atom is 0.226 e. The summed E-state index contributed by atoms with van der Waals surface area (Å²) in [5.74, 6) is 3.14. The van der Waals surface area contributed by atoms with Gasteiger partial charge in [0.05, 0.1) is 24.8 Å². The minimum atomic E-state index is -3.25. The molecule has 0 radical (unpaired) electrons. The third-order valence-electron chi connectivity index (χ3n) is 5.84. The van der Waals surface area contributed by atoms with Crippen molar-refractivity contribution in [3.8, 4) is 11.5 Å². The summed E-state index contributed by atoms with van der Waals surface area (Å²) in [6, 6.07) is 14.7. The van der Waals surface area contributed by atoms with E-state index in [1.807, 2.05) is 25.1 Å². The quantitative estimate of drug-likeness (QED) is 0.238. The lowest BCUT2D eigenvalue weighted by Crippen LogP contribution is -2.12. The molecule has 37 heavy (non-hydrogen) atoms. The van der Waals surface area contributed by atoms with Crippen LogP contribution in [-0.2, 0) is 16.3 Å². The summed E-state index contributed by atoms with van der Waals surface area (Å²) in [5, 5.41) is 11.1. The van der Waals surface area contributed by atoms with Crippen LogP contribution in [0.3, 0.4) is 0 Å². The van der Waals surface area contributed by atoms with Gasteiger partial charge in [0.15, 0.2) is 27.2 Å². The molecule has 1 aliphatic rings. The second-order valence-electron chi connectivity index (χ2n) is 8.85. The fraction of sp³-hybridized carbons (Fsp3) is 0.346. The normalized spacial score (nSPS) is 13.7. The number of ether oxygens (including phenoxy) is 2. The average Bonchev–Trinajstić information content (AvgIpc) is 3.70. The molecule has 1 saturated carbocycles. The van der Waals surface area contributed by atoms with Crippen molar-refractivity contribution in [1.29, 1.82) is 0 Å². The van der Waals surface area contributed by atoms with E-state index in [-0.39, 0.29) is 4.90 Å². The van der Waals surface area contributed by atoms with E-state index in [0.717, 1.165) is 30.4 Å². The summed E-state index contributed by atoms with van der Waals surface area (Å²) >= 11 is 0. The molecule has 1 aromatic heterocycles. The van der Waals surface area contributed by atoms with E-state index in [4.69, 9.17) is 9.47 Å². The topological polar surface area (TPSA) is 127 Å². The van der Waals surface area contributed by atoms with Gasteiger partial charge in [-0.05, 0) is 61.6 Å². The lowest BCUT2D eigenvalue weighted by atomic mass is 10.1. The Morgan fingerprint density at radius 1 is 1.00 bits per heavy atom. The van der Waals surface area contributed by atoms with Crippen LogP contribution in [0.5, 0.6) is 11.5 Å². The summed E-state index contributed by atoms with van der Waals surface area (Å²) < 4.78 is 34.1. The predicted octanol–water partition coefficient (Wildman–Crippen LogP) is 3.96. The van der Waals surface area contributed by atoms with Gasteiger partial charge in [-0.1, -0.05) is 18.2 Å². The molecule has 0 spiro atoms. The Morgan fingerprint density at radius 2 is 1.70 bits per heavy atom. The maximum atomic E-state index is 11.7. The molecule has 0 unspecified atom stereocenters. The Bertz CT molecular complexity index is 1370. The van der Waals surface area contributed by atoms with Crippen molar-refractivity contribution in [2.75, 3.05) is 43.1 Å². The van der Waals surface area contributed by atoms with E-state index >= 15 is 0 Å². The first-order valence-electron chi connectivity index (χ1n) is 12.0. The molecule has 0 aliphatic heterocycles. The number of aromatic nitrogens is 2. The molecule has 1 fully saturated rings. The first-order valence-corrected chi connectivity index (χ1v) is 13.9. The molecule has 3 aromatic rings. The van der Waals surface area contributed by atoms with Crippen LogP contribution in [0.4, 0.5) is 17.6 Å². The third kappa shape index (κ3) is 7.32. The molecule has 2 aromatic carbocycles. The average molecular weight is 525 g/mol. The van der Waals surface area contributed by atoms with E-state index in [0.29, 0.717) is 47.4 Å². The molecule has 196 valence electrons. The van der Waals surface area contributed by atoms with Crippen molar-refractivity contribution >= 4 is 33.1 Å². The van der Waals surface area contributed by atoms with Crippen LogP contribution in [0.1, 0.15) is 30.9 Å². The van der Waals surface area contributed by atoms with Gasteiger partial charge < -0.3 is 20.1 Å². The number of hydrazone groups is 1. The summed E-state index contributed by atoms with van der Waals surface area (Å²) in [5.41, 5.74) is 5.61. The number of hydrogen-bond acceptors (Lipinski definition) is 10. The Kier molecular flexibility index (Phi) is 8.12. The molecule has 0 saturated heterocycles. The van der Waals surface area contributed by atoms with Crippen LogP contribution in [-0.4, -0.2) is 57.2 Å². The number of nitrogens with zero attached hydrogens (tertiary/aromatic N) is 3. The van der Waals surface area contributed by atoms with Crippen molar-refractivity contribution in [3.63, 3.8) is 0 Å². The molecule has 4 rings (SSSR count). The van der Waals surface area contributed by atoms with Crippen LogP contribution in [0.25, 0.3) is 0 Å². The molecule has 11 heteroatoms. The van der Waals surface area contributed by atoms with Crippen molar-refractivity contribution in [1.82, 2.24) is 9.97 Å². The monoisotopic (exact) mass is 524 g/mol. The highest BCUT2D eigenvalue weighted by Gasteiger charge is 2.22. The van der Waals surface area contributed by atoms with Gasteiger partial charge in [-0.3, -0.25) is 5.43 Å². The maximum absolute atomic E-state index is 11.7. The van der Waals surface area contributed by atoms with Gasteiger partial charge in [0.25, 0.3) is 0 Å². The number of hydrogen-bond donors (Lipinski definition) is 3. The highest BCUT2D eigenvalue weighted by Crippen LogP contribution is 2.28. The number of nitrogens with one attached hydrogen (secondary N) is 3. The van der Waals surface area contributed by atoms with Gasteiger partial charge >= 0.3 is 0 Å². The van der Waals surface area contributed by atoms with E-state index < -0.39 is 9.84 Å². The van der Waals surface area contributed by atoms with Gasteiger partial charge in [-0.15, -0.1) is 0 Å². The molecule has 0 bridgehead atoms. The van der Waals surface area contributed by atoms with Crippen molar-refractivity contribution in [3.05, 3.63) is 59.7 Å². The molecule has 3 N–H and O–H groups in total. The van der Waals surface area contributed by atoms with E-state index in [1.54, 1.807) is 44.6 Å². The smallest absolute Gasteiger partial charge is 0.226 e. The first kappa shape index (κ1) is 26.2. The van der Waals surface area contributed by atoms with Gasteiger partial charge in [0.1, 0.15) is 5.82 Å². The van der Waals surface area contributed by atoms with Gasteiger partial charge in [0.2, 0.25) is 5.95 Å². The van der Waals surface area contributed by atoms with Gasteiger partial charge in [-0.2, -0.15) is 15.1 Å².